The van der Waals surface area contributed by atoms with E-state index >= 15 is 0 Å². The Balaban J connectivity index is 1.83. The molecular formula is C13H14N4O3. The Hall–Kier alpha value is -2.70. The lowest BCUT2D eigenvalue weighted by Crippen LogP contribution is -2.32. The molecular weight excluding hydrogens is 260 g/mol. The summed E-state index contributed by atoms with van der Waals surface area (Å²) in [5.41, 5.74) is 1.08. The fourth-order valence-corrected chi connectivity index (χ4v) is 1.58. The van der Waals surface area contributed by atoms with Crippen molar-refractivity contribution < 1.29 is 14.1 Å². The first-order valence-electron chi connectivity index (χ1n) is 6.07. The van der Waals surface area contributed by atoms with Crippen molar-refractivity contribution in [3.05, 3.63) is 47.6 Å². The number of amides is 2. The maximum absolute atomic E-state index is 11.3. The van der Waals surface area contributed by atoms with Gasteiger partial charge in [-0.15, -0.1) is 0 Å². The van der Waals surface area contributed by atoms with Crippen LogP contribution in [-0.2, 0) is 22.6 Å². The number of carbonyl (C=O) groups excluding carboxylic acids is 2. The van der Waals surface area contributed by atoms with Gasteiger partial charge in [0.1, 0.15) is 0 Å². The van der Waals surface area contributed by atoms with Gasteiger partial charge in [0, 0.05) is 6.42 Å². The van der Waals surface area contributed by atoms with E-state index in [-0.39, 0.29) is 19.0 Å². The molecule has 2 amide bonds. The Labute approximate surface area is 115 Å². The molecule has 7 heteroatoms. The number of nitrogens with one attached hydrogen (secondary N) is 2. The maximum Gasteiger partial charge on any atom is 0.246 e. The zero-order valence-corrected chi connectivity index (χ0v) is 10.7. The molecule has 0 saturated heterocycles. The summed E-state index contributed by atoms with van der Waals surface area (Å²) in [6, 6.07) is 9.77. The normalized spacial score (nSPS) is 10.0. The second-order valence-corrected chi connectivity index (χ2v) is 4.04. The van der Waals surface area contributed by atoms with Gasteiger partial charge in [-0.1, -0.05) is 35.5 Å². The van der Waals surface area contributed by atoms with Crippen molar-refractivity contribution in [3.63, 3.8) is 0 Å². The summed E-state index contributed by atoms with van der Waals surface area (Å²) < 4.78 is 5.03. The van der Waals surface area contributed by atoms with Crippen molar-refractivity contribution >= 4 is 12.3 Å². The average molecular weight is 274 g/mol. The van der Waals surface area contributed by atoms with Crippen LogP contribution in [0.4, 0.5) is 0 Å². The van der Waals surface area contributed by atoms with Crippen LogP contribution in [-0.4, -0.2) is 29.0 Å². The van der Waals surface area contributed by atoms with Crippen LogP contribution in [0.15, 0.2) is 34.9 Å². The molecule has 1 aromatic carbocycles. The van der Waals surface area contributed by atoms with Crippen LogP contribution in [0.1, 0.15) is 17.3 Å². The summed E-state index contributed by atoms with van der Waals surface area (Å²) in [5, 5.41) is 8.66. The molecule has 0 fully saturated rings. The molecule has 2 aromatic rings. The van der Waals surface area contributed by atoms with Crippen molar-refractivity contribution in [2.75, 3.05) is 6.54 Å². The zero-order valence-electron chi connectivity index (χ0n) is 10.7. The van der Waals surface area contributed by atoms with Crippen LogP contribution in [0.25, 0.3) is 0 Å². The van der Waals surface area contributed by atoms with Crippen molar-refractivity contribution in [1.29, 1.82) is 0 Å². The quantitative estimate of drug-likeness (QED) is 0.694. The van der Waals surface area contributed by atoms with E-state index in [4.69, 9.17) is 4.52 Å². The maximum atomic E-state index is 11.3. The number of hydrogen-bond donors (Lipinski definition) is 2. The fraction of sp³-hybridized carbons (Fsp3) is 0.231. The van der Waals surface area contributed by atoms with Crippen LogP contribution in [0.5, 0.6) is 0 Å². The molecule has 20 heavy (non-hydrogen) atoms. The SMILES string of the molecule is O=CNCC(=O)NCc1nc(Cc2ccccc2)no1. The number of nitrogens with zero attached hydrogens (tertiary/aromatic N) is 2. The lowest BCUT2D eigenvalue weighted by Gasteiger charge is -2.00. The molecule has 0 aliphatic heterocycles. The Bertz CT molecular complexity index is 568. The Morgan fingerprint density at radius 1 is 1.30 bits per heavy atom. The molecule has 0 saturated carbocycles. The van der Waals surface area contributed by atoms with Gasteiger partial charge in [-0.2, -0.15) is 4.98 Å². The van der Waals surface area contributed by atoms with Gasteiger partial charge >= 0.3 is 0 Å². The Morgan fingerprint density at radius 2 is 2.10 bits per heavy atom. The van der Waals surface area contributed by atoms with E-state index in [9.17, 15) is 9.59 Å². The monoisotopic (exact) mass is 274 g/mol. The molecule has 7 nitrogen and oxygen atoms in total. The molecule has 0 bridgehead atoms. The molecule has 2 rings (SSSR count). The third-order valence-electron chi connectivity index (χ3n) is 2.50. The number of rotatable bonds is 7. The molecule has 0 atom stereocenters. The van der Waals surface area contributed by atoms with E-state index in [2.05, 4.69) is 20.8 Å². The predicted octanol–water partition coefficient (Wildman–Crippen LogP) is 0.0226. The molecule has 0 spiro atoms. The minimum Gasteiger partial charge on any atom is -0.350 e. The number of aromatic nitrogens is 2. The molecule has 0 aliphatic rings. The van der Waals surface area contributed by atoms with Crippen LogP contribution in [0, 0.1) is 0 Å². The van der Waals surface area contributed by atoms with Gasteiger partial charge in [0.05, 0.1) is 13.1 Å². The first-order chi connectivity index (χ1) is 9.78. The summed E-state index contributed by atoms with van der Waals surface area (Å²) in [7, 11) is 0. The van der Waals surface area contributed by atoms with E-state index in [0.29, 0.717) is 24.5 Å². The third kappa shape index (κ3) is 4.20. The van der Waals surface area contributed by atoms with Crippen LogP contribution in [0.3, 0.4) is 0 Å². The summed E-state index contributed by atoms with van der Waals surface area (Å²) in [6.07, 6.45) is 1.04. The van der Waals surface area contributed by atoms with Gasteiger partial charge in [-0.25, -0.2) is 0 Å². The number of benzene rings is 1. The highest BCUT2D eigenvalue weighted by atomic mass is 16.5. The highest BCUT2D eigenvalue weighted by molar-refractivity contribution is 5.79. The minimum absolute atomic E-state index is 0.0749. The lowest BCUT2D eigenvalue weighted by molar-refractivity contribution is -0.122. The molecule has 1 heterocycles. The second kappa shape index (κ2) is 7.03. The van der Waals surface area contributed by atoms with Crippen molar-refractivity contribution in [1.82, 2.24) is 20.8 Å². The standard InChI is InChI=1S/C13H14N4O3/c18-9-14-7-12(19)15-8-13-16-11(17-20-13)6-10-4-2-1-3-5-10/h1-5,9H,6-8H2,(H,14,18)(H,15,19). The van der Waals surface area contributed by atoms with E-state index in [1.165, 1.54) is 0 Å². The highest BCUT2D eigenvalue weighted by Crippen LogP contribution is 2.06. The van der Waals surface area contributed by atoms with Gasteiger partial charge in [-0.05, 0) is 5.56 Å². The molecule has 104 valence electrons. The molecule has 0 unspecified atom stereocenters. The summed E-state index contributed by atoms with van der Waals surface area (Å²) in [6.45, 7) is 0.0651. The predicted molar refractivity (Wildman–Crippen MR) is 69.5 cm³/mol. The Kier molecular flexibility index (Phi) is 4.82. The van der Waals surface area contributed by atoms with E-state index < -0.39 is 0 Å². The number of carbonyl (C=O) groups is 2. The first kappa shape index (κ1) is 13.7. The fourth-order valence-electron chi connectivity index (χ4n) is 1.58. The van der Waals surface area contributed by atoms with Gasteiger partial charge < -0.3 is 15.2 Å². The van der Waals surface area contributed by atoms with Gasteiger partial charge in [0.2, 0.25) is 18.2 Å². The van der Waals surface area contributed by atoms with Crippen molar-refractivity contribution in [2.45, 2.75) is 13.0 Å². The Morgan fingerprint density at radius 3 is 2.85 bits per heavy atom. The second-order valence-electron chi connectivity index (χ2n) is 4.04. The first-order valence-corrected chi connectivity index (χ1v) is 6.07. The summed E-state index contributed by atoms with van der Waals surface area (Å²) in [4.78, 5) is 25.5. The van der Waals surface area contributed by atoms with Gasteiger partial charge in [0.25, 0.3) is 0 Å². The topological polar surface area (TPSA) is 97.1 Å². The van der Waals surface area contributed by atoms with Crippen molar-refractivity contribution in [3.8, 4) is 0 Å². The minimum atomic E-state index is -0.320. The van der Waals surface area contributed by atoms with E-state index in [0.717, 1.165) is 5.56 Å². The largest absolute Gasteiger partial charge is 0.350 e. The summed E-state index contributed by atoms with van der Waals surface area (Å²) >= 11 is 0. The summed E-state index contributed by atoms with van der Waals surface area (Å²) in [5.74, 6) is 0.571. The average Bonchev–Trinajstić information content (AvgIpc) is 2.91. The lowest BCUT2D eigenvalue weighted by atomic mass is 10.1. The van der Waals surface area contributed by atoms with Crippen LogP contribution >= 0.6 is 0 Å². The zero-order chi connectivity index (χ0) is 14.2. The molecule has 0 aliphatic carbocycles. The third-order valence-corrected chi connectivity index (χ3v) is 2.50. The van der Waals surface area contributed by atoms with E-state index in [1.807, 2.05) is 30.3 Å². The molecule has 2 N–H and O–H groups in total. The number of hydrogen-bond acceptors (Lipinski definition) is 5. The molecule has 0 radical (unpaired) electrons. The van der Waals surface area contributed by atoms with Crippen LogP contribution in [0.2, 0.25) is 0 Å². The van der Waals surface area contributed by atoms with Crippen LogP contribution < -0.4 is 10.6 Å². The van der Waals surface area contributed by atoms with Crippen molar-refractivity contribution in [2.24, 2.45) is 0 Å². The van der Waals surface area contributed by atoms with Gasteiger partial charge in [-0.3, -0.25) is 9.59 Å². The van der Waals surface area contributed by atoms with Gasteiger partial charge in [0.15, 0.2) is 5.82 Å². The smallest absolute Gasteiger partial charge is 0.246 e. The van der Waals surface area contributed by atoms with E-state index in [1.54, 1.807) is 0 Å². The molecule has 1 aromatic heterocycles. The highest BCUT2D eigenvalue weighted by Gasteiger charge is 2.08.